The Morgan fingerprint density at radius 1 is 0.891 bits per heavy atom. The molecule has 3 aromatic carbocycles. The molecule has 1 N–H and O–H groups in total. The Morgan fingerprint density at radius 2 is 1.46 bits per heavy atom. The third-order valence-electron chi connectivity index (χ3n) is 6.86. The van der Waals surface area contributed by atoms with Gasteiger partial charge in [-0.1, -0.05) is 18.2 Å². The summed E-state index contributed by atoms with van der Waals surface area (Å²) in [5.74, 6) is -2.86. The maximum absolute atomic E-state index is 13.6. The van der Waals surface area contributed by atoms with Crippen LogP contribution in [0.1, 0.15) is 17.5 Å². The number of nitro benzene ring substituents is 2. The number of ether oxygens (including phenoxy) is 3. The minimum Gasteiger partial charge on any atom is -0.456 e. The molecule has 0 radical (unpaired) electrons. The Bertz CT molecular complexity index is 1650. The van der Waals surface area contributed by atoms with Gasteiger partial charge in [-0.15, -0.1) is 11.8 Å². The number of benzene rings is 3. The lowest BCUT2D eigenvalue weighted by Crippen LogP contribution is -2.57. The number of esters is 2. The average molecular weight is 653 g/mol. The maximum Gasteiger partial charge on any atom is 0.408 e. The van der Waals surface area contributed by atoms with Crippen LogP contribution in [-0.2, 0) is 46.6 Å². The van der Waals surface area contributed by atoms with Gasteiger partial charge in [0.1, 0.15) is 31.1 Å². The number of cyclic esters (lactones) is 1. The Kier molecular flexibility index (Phi) is 9.43. The predicted molar refractivity (Wildman–Crippen MR) is 155 cm³/mol. The van der Waals surface area contributed by atoms with Crippen LogP contribution in [0.15, 0.2) is 83.8 Å². The lowest BCUT2D eigenvalue weighted by atomic mass is 10.1. The Hall–Kier alpha value is -5.55. The molecular formula is C29H24N4O12S. The van der Waals surface area contributed by atoms with Crippen LogP contribution in [0.25, 0.3) is 0 Å². The fourth-order valence-electron chi connectivity index (χ4n) is 4.53. The van der Waals surface area contributed by atoms with E-state index < -0.39 is 57.4 Å². The molecule has 0 saturated carbocycles. The first-order valence-corrected chi connectivity index (χ1v) is 14.4. The number of carbonyl (C=O) groups is 4. The predicted octanol–water partition coefficient (Wildman–Crippen LogP) is 3.42. The Morgan fingerprint density at radius 3 is 2.02 bits per heavy atom. The number of thioether (sulfide) groups is 1. The molecule has 2 heterocycles. The first-order chi connectivity index (χ1) is 22.1. The molecule has 3 atom stereocenters. The van der Waals surface area contributed by atoms with Gasteiger partial charge in [-0.3, -0.25) is 34.7 Å². The van der Waals surface area contributed by atoms with Gasteiger partial charge in [0.05, 0.1) is 9.85 Å². The van der Waals surface area contributed by atoms with Gasteiger partial charge in [0, 0.05) is 35.6 Å². The van der Waals surface area contributed by atoms with Crippen molar-refractivity contribution in [2.45, 2.75) is 41.5 Å². The third kappa shape index (κ3) is 7.05. The van der Waals surface area contributed by atoms with Crippen LogP contribution in [0, 0.1) is 20.2 Å². The van der Waals surface area contributed by atoms with E-state index in [4.69, 9.17) is 19.0 Å². The van der Waals surface area contributed by atoms with Crippen LogP contribution in [-0.4, -0.2) is 62.5 Å². The number of nitrogens with one attached hydrogen (secondary N) is 1. The van der Waals surface area contributed by atoms with Gasteiger partial charge in [0.2, 0.25) is 0 Å². The molecule has 0 aromatic heterocycles. The van der Waals surface area contributed by atoms with E-state index >= 15 is 0 Å². The highest BCUT2D eigenvalue weighted by atomic mass is 32.2. The Labute approximate surface area is 263 Å². The molecule has 2 unspecified atom stereocenters. The van der Waals surface area contributed by atoms with Crippen molar-refractivity contribution in [3.8, 4) is 0 Å². The fourth-order valence-corrected chi connectivity index (χ4v) is 5.62. The van der Waals surface area contributed by atoms with Gasteiger partial charge in [-0.25, -0.2) is 9.59 Å². The second kappa shape index (κ2) is 13.6. The normalized spacial score (nSPS) is 20.6. The van der Waals surface area contributed by atoms with Crippen molar-refractivity contribution >= 4 is 47.1 Å². The zero-order valence-corrected chi connectivity index (χ0v) is 24.5. The van der Waals surface area contributed by atoms with E-state index in [1.807, 2.05) is 0 Å². The minimum absolute atomic E-state index is 0.140. The quantitative estimate of drug-likeness (QED) is 0.137. The number of rotatable bonds is 11. The van der Waals surface area contributed by atoms with Gasteiger partial charge in [-0.2, -0.15) is 5.06 Å². The Balaban J connectivity index is 1.28. The second-order valence-corrected chi connectivity index (χ2v) is 11.2. The van der Waals surface area contributed by atoms with E-state index in [1.165, 1.54) is 48.5 Å². The number of nitro groups is 2. The number of hydrogen-bond donors (Lipinski definition) is 1. The molecular weight excluding hydrogens is 628 g/mol. The average Bonchev–Trinajstić information content (AvgIpc) is 3.58. The molecule has 0 spiro atoms. The third-order valence-corrected chi connectivity index (χ3v) is 8.05. The van der Waals surface area contributed by atoms with E-state index in [2.05, 4.69) is 5.32 Å². The highest BCUT2D eigenvalue weighted by Gasteiger charge is 2.63. The molecule has 2 amide bonds. The number of amides is 2. The molecule has 2 aliphatic heterocycles. The highest BCUT2D eigenvalue weighted by Crippen LogP contribution is 2.42. The van der Waals surface area contributed by atoms with E-state index in [9.17, 15) is 39.4 Å². The van der Waals surface area contributed by atoms with Crippen molar-refractivity contribution in [3.05, 3.63) is 110 Å². The molecule has 238 valence electrons. The van der Waals surface area contributed by atoms with Crippen molar-refractivity contribution in [3.63, 3.8) is 0 Å². The summed E-state index contributed by atoms with van der Waals surface area (Å²) in [4.78, 5) is 79.4. The number of carbonyl (C=O) groups excluding carboxylic acids is 4. The molecule has 0 aliphatic carbocycles. The van der Waals surface area contributed by atoms with Gasteiger partial charge in [-0.05, 0) is 47.5 Å². The van der Waals surface area contributed by atoms with Crippen molar-refractivity contribution in [1.82, 2.24) is 10.4 Å². The molecule has 2 aliphatic rings. The van der Waals surface area contributed by atoms with Crippen molar-refractivity contribution in [1.29, 1.82) is 0 Å². The fraction of sp³-hybridized carbons (Fsp3) is 0.241. The second-order valence-electron chi connectivity index (χ2n) is 9.95. The van der Waals surface area contributed by atoms with Crippen molar-refractivity contribution < 1.29 is 48.1 Å². The molecule has 0 bridgehead atoms. The lowest BCUT2D eigenvalue weighted by Gasteiger charge is -2.32. The zero-order chi connectivity index (χ0) is 32.8. The topological polar surface area (TPSA) is 207 Å². The molecule has 3 aromatic rings. The van der Waals surface area contributed by atoms with Gasteiger partial charge < -0.3 is 19.5 Å². The number of hydroxylamine groups is 2. The van der Waals surface area contributed by atoms with Crippen LogP contribution in [0.4, 0.5) is 16.2 Å². The SMILES string of the molecule is O=C(N[C@H]1CON(C2(C(=O)OCc3ccc([N+](=O)[O-])cc3)CC(Sc3ccccc3)C(=O)O2)C1=O)OCc1ccc([N+](=O)[O-])cc1. The summed E-state index contributed by atoms with van der Waals surface area (Å²) in [5.41, 5.74) is -1.82. The number of nitrogens with zero attached hydrogens (tertiary/aromatic N) is 3. The largest absolute Gasteiger partial charge is 0.456 e. The first kappa shape index (κ1) is 31.9. The molecule has 16 nitrogen and oxygen atoms in total. The summed E-state index contributed by atoms with van der Waals surface area (Å²) >= 11 is 1.11. The first-order valence-electron chi connectivity index (χ1n) is 13.5. The zero-order valence-electron chi connectivity index (χ0n) is 23.6. The van der Waals surface area contributed by atoms with E-state index in [0.29, 0.717) is 21.1 Å². The summed E-state index contributed by atoms with van der Waals surface area (Å²) in [6.07, 6.45) is -1.37. The number of non-ortho nitro benzene ring substituents is 2. The summed E-state index contributed by atoms with van der Waals surface area (Å²) in [7, 11) is 0. The van der Waals surface area contributed by atoms with Crippen LogP contribution in [0.3, 0.4) is 0 Å². The maximum atomic E-state index is 13.6. The standard InChI is InChI=1S/C29H24N4O12S/c34-25-23(30-28(37)43-16-19-8-12-21(13-9-19)33(40)41)17-44-31(25)29(14-24(26(35)45-29)46-22-4-2-1-3-5-22)27(36)42-15-18-6-10-20(11-7-18)32(38)39/h1-13,23-24H,14-17H2,(H,30,37)/t23-,24?,29?/m0/s1. The van der Waals surface area contributed by atoms with Gasteiger partial charge in [0.25, 0.3) is 17.3 Å². The van der Waals surface area contributed by atoms with Gasteiger partial charge >= 0.3 is 23.8 Å². The molecule has 5 rings (SSSR count). The monoisotopic (exact) mass is 652 g/mol. The molecule has 46 heavy (non-hydrogen) atoms. The summed E-state index contributed by atoms with van der Waals surface area (Å²) in [5, 5.41) is 23.8. The van der Waals surface area contributed by atoms with Crippen molar-refractivity contribution in [2.75, 3.05) is 6.61 Å². The van der Waals surface area contributed by atoms with Crippen LogP contribution in [0.5, 0.6) is 0 Å². The molecule has 17 heteroatoms. The minimum atomic E-state index is -2.35. The van der Waals surface area contributed by atoms with E-state index in [1.54, 1.807) is 30.3 Å². The smallest absolute Gasteiger partial charge is 0.408 e. The molecule has 2 fully saturated rings. The lowest BCUT2D eigenvalue weighted by molar-refractivity contribution is -0.385. The van der Waals surface area contributed by atoms with Crippen LogP contribution < -0.4 is 5.32 Å². The number of hydrogen-bond acceptors (Lipinski definition) is 13. The molecule has 2 saturated heterocycles. The van der Waals surface area contributed by atoms with E-state index in [-0.39, 0.29) is 31.0 Å². The summed E-state index contributed by atoms with van der Waals surface area (Å²) < 4.78 is 16.1. The van der Waals surface area contributed by atoms with Gasteiger partial charge in [0.15, 0.2) is 0 Å². The number of alkyl carbamates (subject to hydrolysis) is 1. The van der Waals surface area contributed by atoms with E-state index in [0.717, 1.165) is 11.8 Å². The highest BCUT2D eigenvalue weighted by molar-refractivity contribution is 8.00. The summed E-state index contributed by atoms with van der Waals surface area (Å²) in [6, 6.07) is 18.0. The summed E-state index contributed by atoms with van der Waals surface area (Å²) in [6.45, 7) is -1.06. The van der Waals surface area contributed by atoms with Crippen molar-refractivity contribution in [2.24, 2.45) is 0 Å². The van der Waals surface area contributed by atoms with Crippen LogP contribution >= 0.6 is 11.8 Å². The van der Waals surface area contributed by atoms with Crippen LogP contribution in [0.2, 0.25) is 0 Å².